The minimum atomic E-state index is 0.0846. The van der Waals surface area contributed by atoms with Crippen LogP contribution >= 0.6 is 0 Å². The number of hydrogen-bond donors (Lipinski definition) is 1. The summed E-state index contributed by atoms with van der Waals surface area (Å²) in [6.45, 7) is 8.91. The Kier molecular flexibility index (Phi) is 4.56. The predicted octanol–water partition coefficient (Wildman–Crippen LogP) is 1.40. The molecule has 1 heterocycles. The van der Waals surface area contributed by atoms with Crippen LogP contribution in [0.15, 0.2) is 23.0 Å². The van der Waals surface area contributed by atoms with E-state index in [4.69, 9.17) is 0 Å². The van der Waals surface area contributed by atoms with Crippen molar-refractivity contribution in [2.24, 2.45) is 5.92 Å². The fraction of sp³-hybridized carbons (Fsp3) is 0.583. The second-order valence-corrected chi connectivity index (χ2v) is 4.26. The van der Waals surface area contributed by atoms with Gasteiger partial charge in [-0.2, -0.15) is 0 Å². The Labute approximate surface area is 91.1 Å². The van der Waals surface area contributed by atoms with Gasteiger partial charge in [0.1, 0.15) is 0 Å². The van der Waals surface area contributed by atoms with Gasteiger partial charge in [-0.05, 0) is 25.5 Å². The van der Waals surface area contributed by atoms with Gasteiger partial charge in [-0.15, -0.1) is 0 Å². The van der Waals surface area contributed by atoms with Crippen LogP contribution in [-0.2, 0) is 6.54 Å². The highest BCUT2D eigenvalue weighted by Gasteiger charge is 1.98. The van der Waals surface area contributed by atoms with Crippen molar-refractivity contribution in [3.8, 4) is 0 Å². The molecule has 3 heteroatoms. The van der Waals surface area contributed by atoms with Crippen molar-refractivity contribution in [2.45, 2.75) is 27.3 Å². The molecule has 0 aromatic carbocycles. The highest BCUT2D eigenvalue weighted by atomic mass is 16.1. The van der Waals surface area contributed by atoms with E-state index in [0.29, 0.717) is 5.92 Å². The number of pyridine rings is 1. The summed E-state index contributed by atoms with van der Waals surface area (Å²) in [7, 11) is 0. The third-order valence-electron chi connectivity index (χ3n) is 2.33. The van der Waals surface area contributed by atoms with Gasteiger partial charge in [0.25, 0.3) is 5.56 Å². The first-order valence-electron chi connectivity index (χ1n) is 5.48. The molecule has 0 fully saturated rings. The second kappa shape index (κ2) is 5.71. The number of hydrogen-bond acceptors (Lipinski definition) is 2. The summed E-state index contributed by atoms with van der Waals surface area (Å²) in [6, 6.07) is 5.37. The van der Waals surface area contributed by atoms with E-state index in [1.54, 1.807) is 16.7 Å². The van der Waals surface area contributed by atoms with Crippen LogP contribution in [0.1, 0.15) is 19.5 Å². The minimum Gasteiger partial charge on any atom is -0.315 e. The van der Waals surface area contributed by atoms with Crippen molar-refractivity contribution < 1.29 is 0 Å². The van der Waals surface area contributed by atoms with Gasteiger partial charge < -0.3 is 9.88 Å². The van der Waals surface area contributed by atoms with Crippen LogP contribution in [0.5, 0.6) is 0 Å². The molecule has 1 aromatic heterocycles. The van der Waals surface area contributed by atoms with Crippen molar-refractivity contribution in [1.82, 2.24) is 9.88 Å². The normalized spacial score (nSPS) is 10.9. The summed E-state index contributed by atoms with van der Waals surface area (Å²) in [5.74, 6) is 0.651. The van der Waals surface area contributed by atoms with Crippen LogP contribution in [0, 0.1) is 12.8 Å². The van der Waals surface area contributed by atoms with Crippen molar-refractivity contribution in [2.75, 3.05) is 13.1 Å². The van der Waals surface area contributed by atoms with Crippen molar-refractivity contribution in [3.05, 3.63) is 34.2 Å². The molecule has 1 N–H and O–H groups in total. The number of aromatic nitrogens is 1. The minimum absolute atomic E-state index is 0.0846. The molecule has 0 spiro atoms. The van der Waals surface area contributed by atoms with Crippen molar-refractivity contribution in [1.29, 1.82) is 0 Å². The average Bonchev–Trinajstić information content (AvgIpc) is 2.15. The van der Waals surface area contributed by atoms with E-state index in [1.165, 1.54) is 0 Å². The number of nitrogens with zero attached hydrogens (tertiary/aromatic N) is 1. The molecule has 0 aliphatic carbocycles. The summed E-state index contributed by atoms with van der Waals surface area (Å²) in [5, 5.41) is 3.33. The molecule has 0 radical (unpaired) electrons. The maximum atomic E-state index is 11.5. The van der Waals surface area contributed by atoms with Gasteiger partial charge in [-0.25, -0.2) is 0 Å². The molecule has 0 aliphatic heterocycles. The molecule has 0 bridgehead atoms. The van der Waals surface area contributed by atoms with Gasteiger partial charge in [0.05, 0.1) is 0 Å². The Morgan fingerprint density at radius 3 is 2.73 bits per heavy atom. The standard InChI is InChI=1S/C12H20N2O/c1-10(2)9-13-7-8-14-11(3)5-4-6-12(14)15/h4-6,10,13H,7-9H2,1-3H3. The third kappa shape index (κ3) is 3.88. The first-order valence-corrected chi connectivity index (χ1v) is 5.48. The van der Waals surface area contributed by atoms with E-state index in [1.807, 2.05) is 13.0 Å². The molecular weight excluding hydrogens is 188 g/mol. The summed E-state index contributed by atoms with van der Waals surface area (Å²) in [6.07, 6.45) is 0. The SMILES string of the molecule is Cc1cccc(=O)n1CCNCC(C)C. The van der Waals surface area contributed by atoms with E-state index in [0.717, 1.165) is 25.3 Å². The topological polar surface area (TPSA) is 34.0 Å². The Morgan fingerprint density at radius 1 is 1.40 bits per heavy atom. The fourth-order valence-electron chi connectivity index (χ4n) is 1.49. The molecule has 0 atom stereocenters. The van der Waals surface area contributed by atoms with Gasteiger partial charge in [0.2, 0.25) is 0 Å². The van der Waals surface area contributed by atoms with E-state index < -0.39 is 0 Å². The van der Waals surface area contributed by atoms with Gasteiger partial charge in [-0.3, -0.25) is 4.79 Å². The van der Waals surface area contributed by atoms with E-state index in [-0.39, 0.29) is 5.56 Å². The van der Waals surface area contributed by atoms with Crippen molar-refractivity contribution >= 4 is 0 Å². The quantitative estimate of drug-likeness (QED) is 0.742. The van der Waals surface area contributed by atoms with Crippen LogP contribution < -0.4 is 10.9 Å². The van der Waals surface area contributed by atoms with Crippen molar-refractivity contribution in [3.63, 3.8) is 0 Å². The largest absolute Gasteiger partial charge is 0.315 e. The molecule has 0 unspecified atom stereocenters. The Hall–Kier alpha value is -1.09. The number of aryl methyl sites for hydroxylation is 1. The smallest absolute Gasteiger partial charge is 0.250 e. The van der Waals surface area contributed by atoms with Gasteiger partial charge in [0.15, 0.2) is 0 Å². The van der Waals surface area contributed by atoms with Crippen LogP contribution in [0.2, 0.25) is 0 Å². The fourth-order valence-corrected chi connectivity index (χ4v) is 1.49. The first kappa shape index (κ1) is 12.0. The summed E-state index contributed by atoms with van der Waals surface area (Å²) in [5.41, 5.74) is 1.11. The maximum Gasteiger partial charge on any atom is 0.250 e. The highest BCUT2D eigenvalue weighted by molar-refractivity contribution is 5.04. The lowest BCUT2D eigenvalue weighted by Gasteiger charge is -2.11. The van der Waals surface area contributed by atoms with Crippen LogP contribution in [0.3, 0.4) is 0 Å². The molecule has 1 aromatic rings. The summed E-state index contributed by atoms with van der Waals surface area (Å²) in [4.78, 5) is 11.5. The van der Waals surface area contributed by atoms with E-state index >= 15 is 0 Å². The second-order valence-electron chi connectivity index (χ2n) is 4.26. The van der Waals surface area contributed by atoms with Crippen LogP contribution in [0.4, 0.5) is 0 Å². The zero-order chi connectivity index (χ0) is 11.3. The van der Waals surface area contributed by atoms with E-state index in [2.05, 4.69) is 19.2 Å². The monoisotopic (exact) mass is 208 g/mol. The van der Waals surface area contributed by atoms with Gasteiger partial charge in [0, 0.05) is 24.8 Å². The molecule has 1 rings (SSSR count). The molecule has 3 nitrogen and oxygen atoms in total. The Balaban J connectivity index is 2.47. The summed E-state index contributed by atoms with van der Waals surface area (Å²) >= 11 is 0. The molecule has 15 heavy (non-hydrogen) atoms. The molecule has 0 amide bonds. The predicted molar refractivity (Wildman–Crippen MR) is 63.1 cm³/mol. The molecule has 0 saturated heterocycles. The van der Waals surface area contributed by atoms with Gasteiger partial charge in [-0.1, -0.05) is 19.9 Å². The molecule has 0 aliphatic rings. The van der Waals surface area contributed by atoms with E-state index in [9.17, 15) is 4.79 Å². The maximum absolute atomic E-state index is 11.5. The summed E-state index contributed by atoms with van der Waals surface area (Å²) < 4.78 is 1.80. The Morgan fingerprint density at radius 2 is 2.13 bits per heavy atom. The first-order chi connectivity index (χ1) is 7.11. The van der Waals surface area contributed by atoms with Crippen LogP contribution in [-0.4, -0.2) is 17.7 Å². The highest BCUT2D eigenvalue weighted by Crippen LogP contribution is 1.92. The lowest BCUT2D eigenvalue weighted by Crippen LogP contribution is -2.29. The molecule has 84 valence electrons. The van der Waals surface area contributed by atoms with Gasteiger partial charge >= 0.3 is 0 Å². The lowest BCUT2D eigenvalue weighted by molar-refractivity contribution is 0.516. The lowest BCUT2D eigenvalue weighted by atomic mass is 10.2. The Bertz CT molecular complexity index is 355. The number of rotatable bonds is 5. The zero-order valence-electron chi connectivity index (χ0n) is 9.79. The third-order valence-corrected chi connectivity index (χ3v) is 2.33. The van der Waals surface area contributed by atoms with Crippen LogP contribution in [0.25, 0.3) is 0 Å². The zero-order valence-corrected chi connectivity index (χ0v) is 9.79. The molecule has 0 saturated carbocycles. The number of nitrogens with one attached hydrogen (secondary N) is 1. The average molecular weight is 208 g/mol. The molecular formula is C12H20N2O.